The maximum atomic E-state index is 14.1. The number of ether oxygens (including phenoxy) is 2. The molecule has 0 N–H and O–H groups in total. The summed E-state index contributed by atoms with van der Waals surface area (Å²) in [6.07, 6.45) is 0. The number of carbonyl (C=O) groups excluding carboxylic acids is 1. The van der Waals surface area contributed by atoms with Crippen LogP contribution in [0.25, 0.3) is 0 Å². The fourth-order valence-corrected chi connectivity index (χ4v) is 1.92. The summed E-state index contributed by atoms with van der Waals surface area (Å²) in [6, 6.07) is 11.3. The highest BCUT2D eigenvalue weighted by Crippen LogP contribution is 2.26. The fraction of sp³-hybridized carbons (Fsp3) is 0.188. The Morgan fingerprint density at radius 3 is 2.40 bits per heavy atom. The molecule has 0 aliphatic carbocycles. The summed E-state index contributed by atoms with van der Waals surface area (Å²) in [4.78, 5) is 12.5. The van der Waals surface area contributed by atoms with Crippen LogP contribution in [0.4, 0.5) is 4.39 Å². The maximum absolute atomic E-state index is 14.1. The molecule has 0 saturated heterocycles. The first kappa shape index (κ1) is 14.1. The Kier molecular flexibility index (Phi) is 4.35. The first-order chi connectivity index (χ1) is 9.69. The Morgan fingerprint density at radius 1 is 1.05 bits per heavy atom. The van der Waals surface area contributed by atoms with Crippen LogP contribution in [0.3, 0.4) is 0 Å². The predicted molar refractivity (Wildman–Crippen MR) is 74.0 cm³/mol. The van der Waals surface area contributed by atoms with E-state index in [0.717, 1.165) is 0 Å². The summed E-state index contributed by atoms with van der Waals surface area (Å²) in [5.74, 6) is -0.594. The monoisotopic (exact) mass is 274 g/mol. The highest BCUT2D eigenvalue weighted by atomic mass is 19.1. The van der Waals surface area contributed by atoms with Crippen LogP contribution in [0.1, 0.15) is 22.8 Å². The van der Waals surface area contributed by atoms with Gasteiger partial charge < -0.3 is 9.47 Å². The fourth-order valence-electron chi connectivity index (χ4n) is 1.92. The quantitative estimate of drug-likeness (QED) is 0.783. The number of carbonyl (C=O) groups is 1. The summed E-state index contributed by atoms with van der Waals surface area (Å²) in [5, 5.41) is 0. The molecule has 0 aliphatic heterocycles. The van der Waals surface area contributed by atoms with Crippen molar-refractivity contribution in [2.24, 2.45) is 0 Å². The molecule has 0 saturated carbocycles. The Morgan fingerprint density at radius 2 is 1.70 bits per heavy atom. The molecule has 3 nitrogen and oxygen atoms in total. The smallest absolute Gasteiger partial charge is 0.199 e. The first-order valence-electron chi connectivity index (χ1n) is 6.28. The van der Waals surface area contributed by atoms with Crippen LogP contribution in [0, 0.1) is 5.82 Å². The Hall–Kier alpha value is -2.36. The number of hydrogen-bond acceptors (Lipinski definition) is 3. The van der Waals surface area contributed by atoms with Gasteiger partial charge in [-0.25, -0.2) is 4.39 Å². The van der Waals surface area contributed by atoms with Gasteiger partial charge in [0.2, 0.25) is 0 Å². The van der Waals surface area contributed by atoms with Crippen LogP contribution in [-0.2, 0) is 0 Å². The van der Waals surface area contributed by atoms with E-state index in [0.29, 0.717) is 17.9 Å². The number of hydrogen-bond donors (Lipinski definition) is 0. The van der Waals surface area contributed by atoms with Gasteiger partial charge in [-0.2, -0.15) is 0 Å². The van der Waals surface area contributed by atoms with Crippen molar-refractivity contribution in [3.63, 3.8) is 0 Å². The average Bonchev–Trinajstić information content (AvgIpc) is 2.48. The minimum Gasteiger partial charge on any atom is -0.494 e. The van der Waals surface area contributed by atoms with Crippen LogP contribution >= 0.6 is 0 Å². The van der Waals surface area contributed by atoms with E-state index in [1.807, 2.05) is 6.92 Å². The normalized spacial score (nSPS) is 10.2. The van der Waals surface area contributed by atoms with Gasteiger partial charge in [-0.05, 0) is 31.2 Å². The van der Waals surface area contributed by atoms with Crippen molar-refractivity contribution in [1.82, 2.24) is 0 Å². The molecule has 2 aromatic carbocycles. The molecule has 2 rings (SSSR count). The van der Waals surface area contributed by atoms with E-state index in [1.165, 1.54) is 19.2 Å². The molecule has 0 bridgehead atoms. The van der Waals surface area contributed by atoms with Crippen molar-refractivity contribution in [2.45, 2.75) is 6.92 Å². The highest BCUT2D eigenvalue weighted by Gasteiger charge is 2.20. The van der Waals surface area contributed by atoms with Gasteiger partial charge in [0, 0.05) is 0 Å². The van der Waals surface area contributed by atoms with Crippen LogP contribution < -0.4 is 9.47 Å². The number of benzene rings is 2. The van der Waals surface area contributed by atoms with E-state index in [1.54, 1.807) is 30.3 Å². The topological polar surface area (TPSA) is 35.5 Å². The van der Waals surface area contributed by atoms with Gasteiger partial charge in [-0.15, -0.1) is 0 Å². The van der Waals surface area contributed by atoms with Crippen molar-refractivity contribution < 1.29 is 18.7 Å². The Bertz CT molecular complexity index is 623. The van der Waals surface area contributed by atoms with Gasteiger partial charge in [0.25, 0.3) is 0 Å². The lowest BCUT2D eigenvalue weighted by atomic mass is 10.0. The number of halogens is 1. The lowest BCUT2D eigenvalue weighted by Crippen LogP contribution is -2.08. The van der Waals surface area contributed by atoms with Crippen molar-refractivity contribution in [2.75, 3.05) is 13.7 Å². The summed E-state index contributed by atoms with van der Waals surface area (Å²) < 4.78 is 24.4. The third-order valence-corrected chi connectivity index (χ3v) is 2.86. The van der Waals surface area contributed by atoms with Gasteiger partial charge in [0.05, 0.1) is 24.8 Å². The molecule has 0 amide bonds. The largest absolute Gasteiger partial charge is 0.494 e. The van der Waals surface area contributed by atoms with Gasteiger partial charge in [0.1, 0.15) is 5.75 Å². The number of rotatable bonds is 5. The molecule has 0 heterocycles. The Labute approximate surface area is 117 Å². The molecule has 4 heteroatoms. The number of para-hydroxylation sites is 1. The molecule has 0 atom stereocenters. The zero-order valence-corrected chi connectivity index (χ0v) is 11.4. The van der Waals surface area contributed by atoms with Gasteiger partial charge in [-0.3, -0.25) is 4.79 Å². The van der Waals surface area contributed by atoms with E-state index >= 15 is 0 Å². The molecule has 20 heavy (non-hydrogen) atoms. The predicted octanol–water partition coefficient (Wildman–Crippen LogP) is 3.46. The number of methoxy groups -OCH3 is 1. The Balaban J connectivity index is 2.47. The van der Waals surface area contributed by atoms with Crippen LogP contribution in [-0.4, -0.2) is 19.5 Å². The van der Waals surface area contributed by atoms with Crippen molar-refractivity contribution >= 4 is 5.78 Å². The van der Waals surface area contributed by atoms with Crippen LogP contribution in [0.2, 0.25) is 0 Å². The molecule has 0 aliphatic rings. The van der Waals surface area contributed by atoms with E-state index in [-0.39, 0.29) is 11.3 Å². The lowest BCUT2D eigenvalue weighted by Gasteiger charge is -2.10. The average molecular weight is 274 g/mol. The third-order valence-electron chi connectivity index (χ3n) is 2.86. The van der Waals surface area contributed by atoms with Crippen LogP contribution in [0.15, 0.2) is 42.5 Å². The lowest BCUT2D eigenvalue weighted by molar-refractivity contribution is 0.103. The van der Waals surface area contributed by atoms with Gasteiger partial charge in [0.15, 0.2) is 17.3 Å². The second-order valence-corrected chi connectivity index (χ2v) is 4.08. The SMILES string of the molecule is CCOc1ccccc1C(=O)c1cccc(OC)c1F. The molecule has 0 spiro atoms. The summed E-state index contributed by atoms with van der Waals surface area (Å²) in [7, 11) is 1.36. The standard InChI is InChI=1S/C16H15FO3/c1-3-20-13-9-5-4-7-11(13)16(18)12-8-6-10-14(19-2)15(12)17/h4-10H,3H2,1-2H3. The highest BCUT2D eigenvalue weighted by molar-refractivity contribution is 6.11. The molecule has 2 aromatic rings. The summed E-state index contributed by atoms with van der Waals surface area (Å²) >= 11 is 0. The molecular weight excluding hydrogens is 259 g/mol. The van der Waals surface area contributed by atoms with Crippen LogP contribution in [0.5, 0.6) is 11.5 Å². The van der Waals surface area contributed by atoms with E-state index in [4.69, 9.17) is 9.47 Å². The molecule has 0 unspecified atom stereocenters. The summed E-state index contributed by atoms with van der Waals surface area (Å²) in [6.45, 7) is 2.26. The second-order valence-electron chi connectivity index (χ2n) is 4.08. The maximum Gasteiger partial charge on any atom is 0.199 e. The van der Waals surface area contributed by atoms with E-state index < -0.39 is 11.6 Å². The molecule has 104 valence electrons. The van der Waals surface area contributed by atoms with Gasteiger partial charge in [-0.1, -0.05) is 18.2 Å². The molecule has 0 aromatic heterocycles. The first-order valence-corrected chi connectivity index (χ1v) is 6.28. The van der Waals surface area contributed by atoms with Crippen molar-refractivity contribution in [1.29, 1.82) is 0 Å². The van der Waals surface area contributed by atoms with Crippen molar-refractivity contribution in [3.8, 4) is 11.5 Å². The second kappa shape index (κ2) is 6.19. The molecular formula is C16H15FO3. The third kappa shape index (κ3) is 2.64. The van der Waals surface area contributed by atoms with Crippen molar-refractivity contribution in [3.05, 3.63) is 59.4 Å². The van der Waals surface area contributed by atoms with E-state index in [9.17, 15) is 9.18 Å². The number of ketones is 1. The minimum atomic E-state index is -0.661. The molecule has 0 radical (unpaired) electrons. The molecule has 0 fully saturated rings. The summed E-state index contributed by atoms with van der Waals surface area (Å²) in [5.41, 5.74) is 0.304. The minimum absolute atomic E-state index is 0.0310. The zero-order valence-electron chi connectivity index (χ0n) is 11.4. The zero-order chi connectivity index (χ0) is 14.5. The van der Waals surface area contributed by atoms with Gasteiger partial charge >= 0.3 is 0 Å². The van der Waals surface area contributed by atoms with E-state index in [2.05, 4.69) is 0 Å².